The predicted octanol–water partition coefficient (Wildman–Crippen LogP) is 5.11. The summed E-state index contributed by atoms with van der Waals surface area (Å²) in [7, 11) is 3.33. The molecule has 0 aliphatic heterocycles. The van der Waals surface area contributed by atoms with Crippen LogP contribution in [0.15, 0.2) is 91.0 Å². The van der Waals surface area contributed by atoms with Crippen LogP contribution in [0.5, 0.6) is 0 Å². The van der Waals surface area contributed by atoms with E-state index in [2.05, 4.69) is 24.3 Å². The van der Waals surface area contributed by atoms with E-state index in [0.29, 0.717) is 6.61 Å². The number of rotatable bonds is 8. The Kier molecular flexibility index (Phi) is 6.07. The Morgan fingerprint density at radius 2 is 0.963 bits per heavy atom. The molecule has 0 radical (unpaired) electrons. The van der Waals surface area contributed by atoms with Gasteiger partial charge < -0.3 is 14.2 Å². The SMILES string of the molecule is CCOC(c1ccccc1)(c1ccccc1)C(OC)(OC)c1ccccc1. The van der Waals surface area contributed by atoms with E-state index < -0.39 is 11.4 Å². The van der Waals surface area contributed by atoms with Gasteiger partial charge in [0.2, 0.25) is 5.79 Å². The van der Waals surface area contributed by atoms with Crippen molar-refractivity contribution >= 4 is 0 Å². The second kappa shape index (κ2) is 8.49. The highest BCUT2D eigenvalue weighted by Gasteiger charge is 2.57. The van der Waals surface area contributed by atoms with Crippen molar-refractivity contribution in [2.24, 2.45) is 0 Å². The molecule has 0 saturated carbocycles. The summed E-state index contributed by atoms with van der Waals surface area (Å²) in [5.41, 5.74) is 1.82. The van der Waals surface area contributed by atoms with E-state index in [1.54, 1.807) is 14.2 Å². The van der Waals surface area contributed by atoms with Crippen molar-refractivity contribution in [3.63, 3.8) is 0 Å². The van der Waals surface area contributed by atoms with Gasteiger partial charge in [-0.05, 0) is 18.1 Å². The first-order chi connectivity index (χ1) is 13.2. The second-order valence-corrected chi connectivity index (χ2v) is 6.24. The molecule has 0 N–H and O–H groups in total. The minimum absolute atomic E-state index is 0.491. The summed E-state index contributed by atoms with van der Waals surface area (Å²) in [6.45, 7) is 2.48. The van der Waals surface area contributed by atoms with Crippen LogP contribution in [0.2, 0.25) is 0 Å². The lowest BCUT2D eigenvalue weighted by molar-refractivity contribution is -0.316. The van der Waals surface area contributed by atoms with Crippen molar-refractivity contribution in [2.75, 3.05) is 20.8 Å². The Labute approximate surface area is 161 Å². The second-order valence-electron chi connectivity index (χ2n) is 6.24. The van der Waals surface area contributed by atoms with Crippen molar-refractivity contribution in [1.82, 2.24) is 0 Å². The normalized spacial score (nSPS) is 12.1. The number of hydrogen-bond donors (Lipinski definition) is 0. The third kappa shape index (κ3) is 3.19. The van der Waals surface area contributed by atoms with Gasteiger partial charge in [-0.3, -0.25) is 0 Å². The molecule has 3 rings (SSSR count). The van der Waals surface area contributed by atoms with Crippen LogP contribution in [0.4, 0.5) is 0 Å². The summed E-state index contributed by atoms with van der Waals surface area (Å²) in [4.78, 5) is 0. The van der Waals surface area contributed by atoms with E-state index in [4.69, 9.17) is 14.2 Å². The van der Waals surface area contributed by atoms with Gasteiger partial charge in [0.1, 0.15) is 0 Å². The average molecular weight is 362 g/mol. The van der Waals surface area contributed by atoms with E-state index in [9.17, 15) is 0 Å². The van der Waals surface area contributed by atoms with Crippen molar-refractivity contribution < 1.29 is 14.2 Å². The number of ether oxygens (including phenoxy) is 3. The van der Waals surface area contributed by atoms with E-state index in [1.165, 1.54) is 0 Å². The van der Waals surface area contributed by atoms with Gasteiger partial charge in [-0.15, -0.1) is 0 Å². The van der Waals surface area contributed by atoms with Crippen LogP contribution < -0.4 is 0 Å². The molecule has 0 bridgehead atoms. The zero-order valence-electron chi connectivity index (χ0n) is 16.1. The largest absolute Gasteiger partial charge is 0.360 e. The van der Waals surface area contributed by atoms with Gasteiger partial charge in [0, 0.05) is 26.4 Å². The van der Waals surface area contributed by atoms with Crippen LogP contribution >= 0.6 is 0 Å². The van der Waals surface area contributed by atoms with Gasteiger partial charge >= 0.3 is 0 Å². The monoisotopic (exact) mass is 362 g/mol. The third-order valence-electron chi connectivity index (χ3n) is 4.91. The molecule has 0 heterocycles. The standard InChI is InChI=1S/C24H26O3/c1-4-27-23(20-14-8-5-9-15-20,21-16-10-6-11-17-21)24(25-2,26-3)22-18-12-7-13-19-22/h5-19H,4H2,1-3H3. The zero-order chi connectivity index (χ0) is 19.2. The van der Waals surface area contributed by atoms with Gasteiger partial charge in [-0.25, -0.2) is 0 Å². The predicted molar refractivity (Wildman–Crippen MR) is 107 cm³/mol. The average Bonchev–Trinajstić information content (AvgIpc) is 2.76. The summed E-state index contributed by atoms with van der Waals surface area (Å²) in [6.07, 6.45) is 0. The Balaban J connectivity index is 2.40. The third-order valence-corrected chi connectivity index (χ3v) is 4.91. The lowest BCUT2D eigenvalue weighted by atomic mass is 9.75. The topological polar surface area (TPSA) is 27.7 Å². The van der Waals surface area contributed by atoms with Gasteiger partial charge in [-0.2, -0.15) is 0 Å². The van der Waals surface area contributed by atoms with Gasteiger partial charge in [0.15, 0.2) is 5.60 Å². The smallest absolute Gasteiger partial charge is 0.233 e. The maximum Gasteiger partial charge on any atom is 0.233 e. The molecule has 3 nitrogen and oxygen atoms in total. The molecule has 0 saturated heterocycles. The first-order valence-corrected chi connectivity index (χ1v) is 9.16. The minimum Gasteiger partial charge on any atom is -0.360 e. The molecule has 3 heteroatoms. The molecule has 0 unspecified atom stereocenters. The first-order valence-electron chi connectivity index (χ1n) is 9.16. The molecule has 140 valence electrons. The van der Waals surface area contributed by atoms with Crippen LogP contribution in [-0.2, 0) is 25.6 Å². The minimum atomic E-state index is -1.17. The maximum atomic E-state index is 6.55. The Hall–Kier alpha value is -2.46. The number of benzene rings is 3. The van der Waals surface area contributed by atoms with Gasteiger partial charge in [0.25, 0.3) is 0 Å². The summed E-state index contributed by atoms with van der Waals surface area (Å²) in [5.74, 6) is -1.17. The fourth-order valence-electron chi connectivity index (χ4n) is 3.84. The van der Waals surface area contributed by atoms with Crippen LogP contribution in [0.1, 0.15) is 23.6 Å². The molecule has 3 aromatic carbocycles. The highest BCUT2D eigenvalue weighted by atomic mass is 16.7. The summed E-state index contributed by atoms with van der Waals surface area (Å²) in [5, 5.41) is 0. The van der Waals surface area contributed by atoms with Gasteiger partial charge in [0.05, 0.1) is 0 Å². The van der Waals surface area contributed by atoms with E-state index in [1.807, 2.05) is 73.7 Å². The van der Waals surface area contributed by atoms with Crippen molar-refractivity contribution in [2.45, 2.75) is 18.3 Å². The zero-order valence-corrected chi connectivity index (χ0v) is 16.1. The highest BCUT2D eigenvalue weighted by Crippen LogP contribution is 2.51. The van der Waals surface area contributed by atoms with E-state index in [0.717, 1.165) is 16.7 Å². The number of methoxy groups -OCH3 is 2. The lowest BCUT2D eigenvalue weighted by Gasteiger charge is -2.48. The molecule has 0 fully saturated rings. The van der Waals surface area contributed by atoms with Crippen molar-refractivity contribution in [3.8, 4) is 0 Å². The van der Waals surface area contributed by atoms with E-state index >= 15 is 0 Å². The van der Waals surface area contributed by atoms with Crippen LogP contribution in [0.3, 0.4) is 0 Å². The molecular weight excluding hydrogens is 336 g/mol. The van der Waals surface area contributed by atoms with Crippen LogP contribution in [0.25, 0.3) is 0 Å². The molecule has 0 aliphatic rings. The Bertz CT molecular complexity index is 773. The Morgan fingerprint density at radius 3 is 1.30 bits per heavy atom. The summed E-state index contributed by atoms with van der Waals surface area (Å²) in [6, 6.07) is 30.2. The molecule has 3 aromatic rings. The highest BCUT2D eigenvalue weighted by molar-refractivity contribution is 5.43. The Morgan fingerprint density at radius 1 is 0.593 bits per heavy atom. The number of hydrogen-bond acceptors (Lipinski definition) is 3. The first kappa shape index (κ1) is 19.3. The van der Waals surface area contributed by atoms with E-state index in [-0.39, 0.29) is 0 Å². The molecule has 0 aromatic heterocycles. The molecule has 0 spiro atoms. The maximum absolute atomic E-state index is 6.55. The van der Waals surface area contributed by atoms with Crippen LogP contribution in [-0.4, -0.2) is 20.8 Å². The summed E-state index contributed by atoms with van der Waals surface area (Å²) >= 11 is 0. The van der Waals surface area contributed by atoms with Crippen LogP contribution in [0, 0.1) is 0 Å². The lowest BCUT2D eigenvalue weighted by Crippen LogP contribution is -2.54. The fraction of sp³-hybridized carbons (Fsp3) is 0.250. The quantitative estimate of drug-likeness (QED) is 0.521. The summed E-state index contributed by atoms with van der Waals surface area (Å²) < 4.78 is 18.9. The molecular formula is C24H26O3. The fourth-order valence-corrected chi connectivity index (χ4v) is 3.84. The van der Waals surface area contributed by atoms with Crippen molar-refractivity contribution in [3.05, 3.63) is 108 Å². The van der Waals surface area contributed by atoms with Gasteiger partial charge in [-0.1, -0.05) is 91.0 Å². The van der Waals surface area contributed by atoms with Crippen molar-refractivity contribution in [1.29, 1.82) is 0 Å². The molecule has 0 amide bonds. The molecule has 0 aliphatic carbocycles. The molecule has 0 atom stereocenters. The molecule has 27 heavy (non-hydrogen) atoms.